The van der Waals surface area contributed by atoms with Crippen LogP contribution in [0.25, 0.3) is 5.70 Å². The number of quaternary nitrogens is 1. The number of anilines is 1. The summed E-state index contributed by atoms with van der Waals surface area (Å²) in [5, 5.41) is 19.5. The highest BCUT2D eigenvalue weighted by atomic mass is 16.4. The Balaban J connectivity index is 1.79. The van der Waals surface area contributed by atoms with Crippen LogP contribution >= 0.6 is 0 Å². The number of benzene rings is 2. The smallest absolute Gasteiger partial charge is 0.303 e. The van der Waals surface area contributed by atoms with Gasteiger partial charge >= 0.3 is 5.97 Å². The van der Waals surface area contributed by atoms with E-state index in [0.29, 0.717) is 11.4 Å². The molecule has 1 aliphatic carbocycles. The highest BCUT2D eigenvalue weighted by Gasteiger charge is 2.28. The van der Waals surface area contributed by atoms with E-state index in [1.54, 1.807) is 29.6 Å². The molecule has 0 bridgehead atoms. The molecular weight excluding hydrogens is 398 g/mol. The van der Waals surface area contributed by atoms with Gasteiger partial charge in [-0.05, 0) is 37.1 Å². The first kappa shape index (κ1) is 21.8. The van der Waals surface area contributed by atoms with Crippen molar-refractivity contribution in [3.8, 4) is 0 Å². The quantitative estimate of drug-likeness (QED) is 0.227. The van der Waals surface area contributed by atoms with Crippen molar-refractivity contribution in [1.82, 2.24) is 5.32 Å². The number of carbonyl (C=O) groups is 3. The van der Waals surface area contributed by atoms with E-state index in [1.165, 1.54) is 0 Å². The molecule has 160 valence electrons. The molecular formula is C22H24N5O4+. The van der Waals surface area contributed by atoms with E-state index in [1.807, 2.05) is 30.3 Å². The predicted octanol–water partition coefficient (Wildman–Crippen LogP) is 2.36. The highest BCUT2D eigenvalue weighted by Crippen LogP contribution is 2.21. The van der Waals surface area contributed by atoms with Gasteiger partial charge in [-0.1, -0.05) is 18.2 Å². The molecule has 0 radical (unpaired) electrons. The van der Waals surface area contributed by atoms with E-state index >= 15 is 0 Å². The van der Waals surface area contributed by atoms with Gasteiger partial charge in [-0.15, -0.1) is 5.11 Å². The summed E-state index contributed by atoms with van der Waals surface area (Å²) < 4.78 is 0. The van der Waals surface area contributed by atoms with E-state index in [2.05, 4.69) is 15.7 Å². The Morgan fingerprint density at radius 2 is 1.71 bits per heavy atom. The van der Waals surface area contributed by atoms with Gasteiger partial charge in [0.25, 0.3) is 5.91 Å². The molecule has 9 heteroatoms. The minimum Gasteiger partial charge on any atom is -0.481 e. The molecule has 0 saturated heterocycles. The average Bonchev–Trinajstić information content (AvgIpc) is 3.58. The lowest BCUT2D eigenvalue weighted by Gasteiger charge is -2.10. The van der Waals surface area contributed by atoms with Gasteiger partial charge in [0, 0.05) is 35.8 Å². The molecule has 31 heavy (non-hydrogen) atoms. The summed E-state index contributed by atoms with van der Waals surface area (Å²) in [5.74, 6) is -1.78. The Hall–Kier alpha value is -3.85. The molecule has 2 aromatic carbocycles. The van der Waals surface area contributed by atoms with Crippen LogP contribution in [-0.2, 0) is 14.4 Å². The van der Waals surface area contributed by atoms with Crippen molar-refractivity contribution in [2.75, 3.05) is 5.32 Å². The summed E-state index contributed by atoms with van der Waals surface area (Å²) in [4.78, 5) is 35.0. The number of nitrogens with zero attached hydrogens (tertiary/aromatic N) is 1. The van der Waals surface area contributed by atoms with E-state index in [-0.39, 0.29) is 36.4 Å². The second-order valence-electron chi connectivity index (χ2n) is 7.20. The third-order valence-electron chi connectivity index (χ3n) is 4.65. The fourth-order valence-electron chi connectivity index (χ4n) is 2.89. The predicted molar refractivity (Wildman–Crippen MR) is 113 cm³/mol. The van der Waals surface area contributed by atoms with Crippen LogP contribution in [0.4, 0.5) is 11.4 Å². The molecule has 0 aliphatic heterocycles. The molecule has 1 saturated carbocycles. The first-order valence-electron chi connectivity index (χ1n) is 9.90. The summed E-state index contributed by atoms with van der Waals surface area (Å²) in [6.07, 6.45) is 1.53. The number of carboxylic acid groups (broad SMARTS) is 1. The Labute approximate surface area is 179 Å². The summed E-state index contributed by atoms with van der Waals surface area (Å²) in [5.41, 5.74) is 10.2. The molecule has 2 amide bonds. The number of nitrogens with two attached hydrogens (primary N) is 1. The highest BCUT2D eigenvalue weighted by molar-refractivity contribution is 5.99. The molecule has 1 fully saturated rings. The van der Waals surface area contributed by atoms with Gasteiger partial charge in [0.1, 0.15) is 5.69 Å². The van der Waals surface area contributed by atoms with Gasteiger partial charge in [-0.3, -0.25) is 19.7 Å². The SMILES string of the molecule is N=N/C(C(=O)NC1CC1)=C(\[NH2+]c1ccc(NC(=O)CCC(=O)O)cc1)c1ccccc1. The maximum absolute atomic E-state index is 12.6. The van der Waals surface area contributed by atoms with Gasteiger partial charge in [-0.25, -0.2) is 5.53 Å². The zero-order valence-electron chi connectivity index (χ0n) is 16.8. The third-order valence-corrected chi connectivity index (χ3v) is 4.65. The molecule has 0 aromatic heterocycles. The van der Waals surface area contributed by atoms with Crippen molar-refractivity contribution in [1.29, 1.82) is 5.53 Å². The Kier molecular flexibility index (Phi) is 7.23. The maximum Gasteiger partial charge on any atom is 0.303 e. The van der Waals surface area contributed by atoms with Crippen LogP contribution in [0, 0.1) is 5.53 Å². The second kappa shape index (κ2) is 10.3. The molecule has 1 aliphatic rings. The summed E-state index contributed by atoms with van der Waals surface area (Å²) >= 11 is 0. The van der Waals surface area contributed by atoms with Crippen molar-refractivity contribution >= 4 is 34.9 Å². The molecule has 0 unspecified atom stereocenters. The Morgan fingerprint density at radius 1 is 1.03 bits per heavy atom. The van der Waals surface area contributed by atoms with Crippen LogP contribution in [0.15, 0.2) is 65.4 Å². The number of carboxylic acids is 1. The normalized spacial score (nSPS) is 13.7. The largest absolute Gasteiger partial charge is 0.481 e. The van der Waals surface area contributed by atoms with Crippen molar-refractivity contribution in [3.63, 3.8) is 0 Å². The number of nitrogens with one attached hydrogen (secondary N) is 3. The lowest BCUT2D eigenvalue weighted by molar-refractivity contribution is -0.469. The van der Waals surface area contributed by atoms with Crippen LogP contribution in [0.5, 0.6) is 0 Å². The van der Waals surface area contributed by atoms with Crippen LogP contribution in [0.2, 0.25) is 0 Å². The lowest BCUT2D eigenvalue weighted by atomic mass is 10.1. The Morgan fingerprint density at radius 3 is 2.29 bits per heavy atom. The molecule has 9 nitrogen and oxygen atoms in total. The van der Waals surface area contributed by atoms with Crippen LogP contribution in [-0.4, -0.2) is 28.9 Å². The fourth-order valence-corrected chi connectivity index (χ4v) is 2.89. The molecule has 0 spiro atoms. The van der Waals surface area contributed by atoms with E-state index in [9.17, 15) is 14.4 Å². The summed E-state index contributed by atoms with van der Waals surface area (Å²) in [6, 6.07) is 16.3. The summed E-state index contributed by atoms with van der Waals surface area (Å²) in [7, 11) is 0. The number of hydrogen-bond acceptors (Lipinski definition) is 5. The zero-order valence-corrected chi connectivity index (χ0v) is 16.8. The topological polar surface area (TPSA) is 148 Å². The van der Waals surface area contributed by atoms with Crippen molar-refractivity contribution in [3.05, 3.63) is 65.9 Å². The molecule has 2 aromatic rings. The first-order chi connectivity index (χ1) is 15.0. The monoisotopic (exact) mass is 422 g/mol. The lowest BCUT2D eigenvalue weighted by Crippen LogP contribution is -2.75. The van der Waals surface area contributed by atoms with E-state index in [0.717, 1.165) is 24.1 Å². The van der Waals surface area contributed by atoms with Gasteiger partial charge in [0.2, 0.25) is 11.6 Å². The standard InChI is InChI=1S/C22H23N5O4/c23-27-21(22(31)26-17-10-11-17)20(14-4-2-1-3-5-14)25-16-8-6-15(7-9-16)24-18(28)12-13-19(29)30/h1-9,17,23,25H,10-13H2,(H,24,28)(H,26,31)(H,29,30)/p+1/b21-20-,27-23?. The number of hydrogen-bond donors (Lipinski definition) is 5. The van der Waals surface area contributed by atoms with Crippen LogP contribution in [0.3, 0.4) is 0 Å². The number of carbonyl (C=O) groups excluding carboxylic acids is 2. The maximum atomic E-state index is 12.6. The van der Waals surface area contributed by atoms with Crippen molar-refractivity contribution < 1.29 is 24.8 Å². The Bertz CT molecular complexity index is 998. The fraction of sp³-hybridized carbons (Fsp3) is 0.227. The van der Waals surface area contributed by atoms with E-state index in [4.69, 9.17) is 10.6 Å². The number of rotatable bonds is 10. The number of aliphatic carboxylic acids is 1. The average molecular weight is 422 g/mol. The van der Waals surface area contributed by atoms with Crippen LogP contribution in [0.1, 0.15) is 31.2 Å². The van der Waals surface area contributed by atoms with Gasteiger partial charge < -0.3 is 15.7 Å². The van der Waals surface area contributed by atoms with Gasteiger partial charge in [0.15, 0.2) is 5.70 Å². The number of amides is 2. The van der Waals surface area contributed by atoms with Gasteiger partial charge in [0.05, 0.1) is 6.42 Å². The second-order valence-corrected chi connectivity index (χ2v) is 7.20. The third kappa shape index (κ3) is 6.58. The summed E-state index contributed by atoms with van der Waals surface area (Å²) in [6.45, 7) is 0. The van der Waals surface area contributed by atoms with E-state index < -0.39 is 5.97 Å². The minimum atomic E-state index is -1.03. The zero-order chi connectivity index (χ0) is 22.2. The molecule has 0 atom stereocenters. The first-order valence-corrected chi connectivity index (χ1v) is 9.90. The molecule has 3 rings (SSSR count). The minimum absolute atomic E-state index is 0.0316. The molecule has 6 N–H and O–H groups in total. The van der Waals surface area contributed by atoms with Gasteiger partial charge in [-0.2, -0.15) is 0 Å². The molecule has 0 heterocycles. The van der Waals surface area contributed by atoms with Crippen molar-refractivity contribution in [2.24, 2.45) is 5.11 Å². The van der Waals surface area contributed by atoms with Crippen LogP contribution < -0.4 is 16.0 Å². The van der Waals surface area contributed by atoms with Crippen molar-refractivity contribution in [2.45, 2.75) is 31.7 Å².